The summed E-state index contributed by atoms with van der Waals surface area (Å²) in [4.78, 5) is 37.6. The number of hydrazine groups is 1. The van der Waals surface area contributed by atoms with Crippen molar-refractivity contribution in [2.45, 2.75) is 111 Å². The number of benzene rings is 1. The fourth-order valence-corrected chi connectivity index (χ4v) is 7.43. The molecule has 0 aromatic heterocycles. The Balaban J connectivity index is 1.45. The van der Waals surface area contributed by atoms with E-state index < -0.39 is 35.7 Å². The van der Waals surface area contributed by atoms with E-state index in [1.54, 1.807) is 5.43 Å². The number of nitrogens with zero attached hydrogens (tertiary/aromatic N) is 1. The number of nitro groups is 1. The van der Waals surface area contributed by atoms with Gasteiger partial charge in [-0.1, -0.05) is 56.9 Å². The number of nitrogens with one attached hydrogen (secondary N) is 5. The van der Waals surface area contributed by atoms with Gasteiger partial charge in [-0.25, -0.2) is 10.1 Å². The first-order valence-electron chi connectivity index (χ1n) is 15.8. The van der Waals surface area contributed by atoms with E-state index in [1.165, 1.54) is 0 Å². The normalized spacial score (nSPS) is 26.2. The van der Waals surface area contributed by atoms with Gasteiger partial charge in [0.25, 0.3) is 5.96 Å². The van der Waals surface area contributed by atoms with E-state index in [-0.39, 0.29) is 48.6 Å². The van der Waals surface area contributed by atoms with Gasteiger partial charge in [0.1, 0.15) is 6.04 Å². The molecule has 4 aliphatic rings. The Labute approximate surface area is 260 Å². The lowest BCUT2D eigenvalue weighted by atomic mass is 9.43. The molecule has 1 aromatic rings. The Morgan fingerprint density at radius 2 is 1.91 bits per heavy atom. The fraction of sp³-hybridized carbons (Fsp3) is 0.710. The molecule has 242 valence electrons. The van der Waals surface area contributed by atoms with Gasteiger partial charge in [0.15, 0.2) is 5.03 Å². The zero-order valence-electron chi connectivity index (χ0n) is 27.1. The molecule has 0 radical (unpaired) electrons. The second-order valence-corrected chi connectivity index (χ2v) is 14.1. The lowest BCUT2D eigenvalue weighted by Crippen LogP contribution is -2.65. The molecular formula is C31H49BN6O6. The summed E-state index contributed by atoms with van der Waals surface area (Å²) in [7, 11) is -0.590. The van der Waals surface area contributed by atoms with Crippen LogP contribution in [0.3, 0.4) is 0 Å². The van der Waals surface area contributed by atoms with Crippen molar-refractivity contribution in [2.75, 3.05) is 6.54 Å². The molecule has 5 rings (SSSR count). The number of carbonyl (C=O) groups is 2. The SMILES string of the molecule is Cc1ccc(C)c(CC(=O)N[C@@H](CCCNC(=N)N[N+](=O)[O-])C(=O)N[C@@H](CC(C)C)B2O[C@@H]3C[C@@H]4C[C@@H](C4(C)C)[C@]3(C)O2)c1. The topological polar surface area (TPSA) is 168 Å². The molecule has 0 spiro atoms. The highest BCUT2D eigenvalue weighted by Gasteiger charge is 2.68. The van der Waals surface area contributed by atoms with Crippen LogP contribution in [-0.2, 0) is 25.3 Å². The Kier molecular flexibility index (Phi) is 10.3. The van der Waals surface area contributed by atoms with Crippen LogP contribution in [-0.4, -0.2) is 60.2 Å². The van der Waals surface area contributed by atoms with Crippen molar-refractivity contribution >= 4 is 24.9 Å². The average Bonchev–Trinajstić information content (AvgIpc) is 3.28. The Morgan fingerprint density at radius 3 is 2.57 bits per heavy atom. The quantitative estimate of drug-likeness (QED) is 0.0565. The van der Waals surface area contributed by atoms with E-state index in [0.717, 1.165) is 29.5 Å². The monoisotopic (exact) mass is 612 g/mol. The zero-order chi connectivity index (χ0) is 32.4. The number of amides is 2. The molecule has 2 amide bonds. The first-order chi connectivity index (χ1) is 20.6. The molecule has 0 unspecified atom stereocenters. The van der Waals surface area contributed by atoms with Crippen molar-refractivity contribution in [2.24, 2.45) is 23.2 Å². The summed E-state index contributed by atoms with van der Waals surface area (Å²) in [5.74, 6) is -0.192. The molecule has 1 saturated heterocycles. The standard InChI is InChI=1S/C31H49BN6O6/c1-18(2)13-26(32-43-25-17-22-16-24(30(22,5)6)31(25,7)44-32)36-28(40)23(9-8-12-34-29(33)37-38(41)42)35-27(39)15-21-14-19(3)10-11-20(21)4/h10-11,14,18,22-26H,8-9,12-13,15-17H2,1-7H3,(H,35,39)(H,36,40)(H3,33,34,37)/t22-,23-,24-,25+,26-,31-/m0/s1. The van der Waals surface area contributed by atoms with E-state index >= 15 is 0 Å². The number of rotatable bonds is 13. The number of aryl methyl sites for hydroxylation is 2. The number of guanidine groups is 1. The van der Waals surface area contributed by atoms with Crippen LogP contribution in [0.1, 0.15) is 83.4 Å². The zero-order valence-corrected chi connectivity index (χ0v) is 27.1. The van der Waals surface area contributed by atoms with Gasteiger partial charge in [0.05, 0.1) is 24.1 Å². The minimum absolute atomic E-state index is 0.0157. The Morgan fingerprint density at radius 1 is 1.18 bits per heavy atom. The molecular weight excluding hydrogens is 563 g/mol. The highest BCUT2D eigenvalue weighted by Crippen LogP contribution is 2.65. The number of carbonyl (C=O) groups excluding carboxylic acids is 2. The van der Waals surface area contributed by atoms with Gasteiger partial charge in [0.2, 0.25) is 11.8 Å². The number of hydrogen-bond acceptors (Lipinski definition) is 7. The summed E-state index contributed by atoms with van der Waals surface area (Å²) in [6.07, 6.45) is 3.49. The van der Waals surface area contributed by atoms with Crippen LogP contribution in [0.15, 0.2) is 18.2 Å². The van der Waals surface area contributed by atoms with Gasteiger partial charge in [-0.15, -0.1) is 0 Å². The molecule has 13 heteroatoms. The molecule has 3 aliphatic carbocycles. The third-order valence-electron chi connectivity index (χ3n) is 10.0. The van der Waals surface area contributed by atoms with Crippen molar-refractivity contribution in [3.63, 3.8) is 0 Å². The molecule has 1 heterocycles. The maximum absolute atomic E-state index is 13.8. The summed E-state index contributed by atoms with van der Waals surface area (Å²) in [5.41, 5.74) is 4.48. The molecule has 1 aliphatic heterocycles. The summed E-state index contributed by atoms with van der Waals surface area (Å²) in [6, 6.07) is 5.09. The second-order valence-electron chi connectivity index (χ2n) is 14.1. The second kappa shape index (κ2) is 13.4. The predicted octanol–water partition coefficient (Wildman–Crippen LogP) is 3.22. The molecule has 3 saturated carbocycles. The molecule has 1 aromatic carbocycles. The van der Waals surface area contributed by atoms with Crippen LogP contribution in [0.2, 0.25) is 0 Å². The van der Waals surface area contributed by atoms with E-state index in [1.807, 2.05) is 32.0 Å². The van der Waals surface area contributed by atoms with Gasteiger partial charge in [-0.05, 0) is 87.2 Å². The third kappa shape index (κ3) is 7.54. The summed E-state index contributed by atoms with van der Waals surface area (Å²) >= 11 is 0. The summed E-state index contributed by atoms with van der Waals surface area (Å²) < 4.78 is 13.2. The molecule has 2 bridgehead atoms. The maximum Gasteiger partial charge on any atom is 0.481 e. The van der Waals surface area contributed by atoms with Crippen molar-refractivity contribution < 1.29 is 23.9 Å². The molecule has 6 atom stereocenters. The highest BCUT2D eigenvalue weighted by atomic mass is 16.7. The predicted molar refractivity (Wildman–Crippen MR) is 168 cm³/mol. The Hall–Kier alpha value is -3.19. The minimum atomic E-state index is -0.854. The van der Waals surface area contributed by atoms with Gasteiger partial charge in [-0.3, -0.25) is 15.0 Å². The van der Waals surface area contributed by atoms with Gasteiger partial charge in [0, 0.05) is 6.54 Å². The molecule has 4 fully saturated rings. The summed E-state index contributed by atoms with van der Waals surface area (Å²) in [6.45, 7) is 15.1. The van der Waals surface area contributed by atoms with Crippen LogP contribution in [0.25, 0.3) is 0 Å². The van der Waals surface area contributed by atoms with Crippen molar-refractivity contribution in [3.05, 3.63) is 45.0 Å². The lowest BCUT2D eigenvalue weighted by molar-refractivity contribution is -0.525. The van der Waals surface area contributed by atoms with Crippen LogP contribution in [0.4, 0.5) is 0 Å². The molecule has 44 heavy (non-hydrogen) atoms. The van der Waals surface area contributed by atoms with Crippen LogP contribution in [0, 0.1) is 52.5 Å². The van der Waals surface area contributed by atoms with Crippen molar-refractivity contribution in [3.8, 4) is 0 Å². The smallest absolute Gasteiger partial charge is 0.404 e. The summed E-state index contributed by atoms with van der Waals surface area (Å²) in [5, 5.41) is 26.1. The minimum Gasteiger partial charge on any atom is -0.404 e. The van der Waals surface area contributed by atoms with Crippen molar-refractivity contribution in [1.82, 2.24) is 21.4 Å². The average molecular weight is 613 g/mol. The molecule has 12 nitrogen and oxygen atoms in total. The van der Waals surface area contributed by atoms with E-state index in [9.17, 15) is 19.7 Å². The number of hydrogen-bond donors (Lipinski definition) is 5. The van der Waals surface area contributed by atoms with Crippen molar-refractivity contribution in [1.29, 1.82) is 5.41 Å². The first kappa shape index (κ1) is 33.7. The van der Waals surface area contributed by atoms with Gasteiger partial charge >= 0.3 is 7.12 Å². The maximum atomic E-state index is 13.8. The van der Waals surface area contributed by atoms with E-state index in [2.05, 4.69) is 50.6 Å². The Bertz CT molecular complexity index is 1260. The van der Waals surface area contributed by atoms with Crippen LogP contribution in [0.5, 0.6) is 0 Å². The lowest BCUT2D eigenvalue weighted by Gasteiger charge is -2.64. The fourth-order valence-electron chi connectivity index (χ4n) is 7.43. The molecule has 5 N–H and O–H groups in total. The van der Waals surface area contributed by atoms with E-state index in [0.29, 0.717) is 24.7 Å². The largest absolute Gasteiger partial charge is 0.481 e. The van der Waals surface area contributed by atoms with Gasteiger partial charge < -0.3 is 25.3 Å². The third-order valence-corrected chi connectivity index (χ3v) is 10.0. The van der Waals surface area contributed by atoms with Gasteiger partial charge in [-0.2, -0.15) is 0 Å². The highest BCUT2D eigenvalue weighted by molar-refractivity contribution is 6.48. The first-order valence-corrected chi connectivity index (χ1v) is 15.8. The van der Waals surface area contributed by atoms with E-state index in [4.69, 9.17) is 14.7 Å². The van der Waals surface area contributed by atoms with Crippen LogP contribution >= 0.6 is 0 Å². The van der Waals surface area contributed by atoms with Crippen LogP contribution < -0.4 is 21.4 Å².